The first kappa shape index (κ1) is 11.0. The summed E-state index contributed by atoms with van der Waals surface area (Å²) in [5.41, 5.74) is -0.719. The van der Waals surface area contributed by atoms with Crippen molar-refractivity contribution in [3.8, 4) is 0 Å². The zero-order valence-electron chi connectivity index (χ0n) is 9.47. The molecule has 0 bridgehead atoms. The van der Waals surface area contributed by atoms with Crippen molar-refractivity contribution >= 4 is 11.9 Å². The number of amides is 3. The van der Waals surface area contributed by atoms with E-state index in [4.69, 9.17) is 0 Å². The van der Waals surface area contributed by atoms with Crippen LogP contribution in [0.25, 0.3) is 0 Å². The normalized spacial score (nSPS) is 21.4. The molecule has 0 aromatic rings. The van der Waals surface area contributed by atoms with E-state index in [0.29, 0.717) is 6.54 Å². The molecule has 1 heterocycles. The molecule has 0 saturated carbocycles. The van der Waals surface area contributed by atoms with Crippen LogP contribution in [-0.2, 0) is 4.79 Å². The van der Waals surface area contributed by atoms with Gasteiger partial charge in [-0.25, -0.2) is 4.79 Å². The maximum atomic E-state index is 11.5. The largest absolute Gasteiger partial charge is 0.325 e. The lowest BCUT2D eigenvalue weighted by atomic mass is 9.93. The van der Waals surface area contributed by atoms with Gasteiger partial charge in [0.05, 0.1) is 0 Å². The van der Waals surface area contributed by atoms with Crippen LogP contribution >= 0.6 is 0 Å². The van der Waals surface area contributed by atoms with E-state index in [0.717, 1.165) is 0 Å². The molecular weight excluding hydrogens is 180 g/mol. The molecule has 4 nitrogen and oxygen atoms in total. The lowest BCUT2D eigenvalue weighted by Gasteiger charge is -2.33. The number of hydrogen-bond donors (Lipinski definition) is 1. The third-order valence-corrected chi connectivity index (χ3v) is 2.33. The Kier molecular flexibility index (Phi) is 2.34. The Labute approximate surface area is 84.7 Å². The highest BCUT2D eigenvalue weighted by Crippen LogP contribution is 2.26. The monoisotopic (exact) mass is 198 g/mol. The number of rotatable bonds is 1. The van der Waals surface area contributed by atoms with Gasteiger partial charge in [0.1, 0.15) is 5.54 Å². The summed E-state index contributed by atoms with van der Waals surface area (Å²) in [5.74, 6) is -0.216. The van der Waals surface area contributed by atoms with E-state index in [9.17, 15) is 9.59 Å². The lowest BCUT2D eigenvalue weighted by molar-refractivity contribution is -0.125. The standard InChI is InChI=1S/C10H18N2O2/c1-9(2,3)6-12-8(14)11-7(13)10(12,4)5/h6H2,1-5H3,(H,11,13,14). The van der Waals surface area contributed by atoms with Gasteiger partial charge in [0.25, 0.3) is 5.91 Å². The zero-order valence-corrected chi connectivity index (χ0v) is 9.47. The second-order valence-corrected chi connectivity index (χ2v) is 5.47. The molecule has 1 N–H and O–H groups in total. The Hall–Kier alpha value is -1.06. The second kappa shape index (κ2) is 2.97. The summed E-state index contributed by atoms with van der Waals surface area (Å²) in [6.07, 6.45) is 0. The van der Waals surface area contributed by atoms with E-state index in [-0.39, 0.29) is 17.4 Å². The highest BCUT2D eigenvalue weighted by atomic mass is 16.2. The molecule has 0 spiro atoms. The summed E-state index contributed by atoms with van der Waals surface area (Å²) in [7, 11) is 0. The lowest BCUT2D eigenvalue weighted by Crippen LogP contribution is -2.47. The van der Waals surface area contributed by atoms with Gasteiger partial charge in [0.15, 0.2) is 0 Å². The molecule has 1 fully saturated rings. The van der Waals surface area contributed by atoms with Crippen LogP contribution < -0.4 is 5.32 Å². The molecule has 0 radical (unpaired) electrons. The number of urea groups is 1. The maximum Gasteiger partial charge on any atom is 0.325 e. The molecule has 0 aromatic heterocycles. The Bertz CT molecular complexity index is 276. The third kappa shape index (κ3) is 1.89. The van der Waals surface area contributed by atoms with Gasteiger partial charge < -0.3 is 4.90 Å². The van der Waals surface area contributed by atoms with Crippen molar-refractivity contribution in [2.75, 3.05) is 6.54 Å². The second-order valence-electron chi connectivity index (χ2n) is 5.47. The van der Waals surface area contributed by atoms with Gasteiger partial charge in [-0.2, -0.15) is 0 Å². The molecule has 1 aliphatic heterocycles. The fourth-order valence-electron chi connectivity index (χ4n) is 1.44. The molecule has 80 valence electrons. The summed E-state index contributed by atoms with van der Waals surface area (Å²) in [6.45, 7) is 10.2. The summed E-state index contributed by atoms with van der Waals surface area (Å²) in [5, 5.41) is 2.33. The van der Waals surface area contributed by atoms with Gasteiger partial charge in [-0.1, -0.05) is 20.8 Å². The molecule has 4 heteroatoms. The minimum absolute atomic E-state index is 0.000764. The number of nitrogens with zero attached hydrogens (tertiary/aromatic N) is 1. The topological polar surface area (TPSA) is 49.4 Å². The minimum Gasteiger partial charge on any atom is -0.310 e. The van der Waals surface area contributed by atoms with Crippen LogP contribution in [0.15, 0.2) is 0 Å². The average Bonchev–Trinajstić information content (AvgIpc) is 2.11. The summed E-state index contributed by atoms with van der Waals surface area (Å²) in [6, 6.07) is -0.282. The highest BCUT2D eigenvalue weighted by molar-refractivity contribution is 6.06. The molecule has 0 aromatic carbocycles. The van der Waals surface area contributed by atoms with Crippen molar-refractivity contribution in [3.05, 3.63) is 0 Å². The quantitative estimate of drug-likeness (QED) is 0.647. The Morgan fingerprint density at radius 3 is 2.07 bits per heavy atom. The van der Waals surface area contributed by atoms with Crippen molar-refractivity contribution in [1.82, 2.24) is 10.2 Å². The molecular formula is C10H18N2O2. The van der Waals surface area contributed by atoms with Crippen molar-refractivity contribution in [2.24, 2.45) is 5.41 Å². The third-order valence-electron chi connectivity index (χ3n) is 2.33. The maximum absolute atomic E-state index is 11.5. The number of imide groups is 1. The molecule has 0 atom stereocenters. The van der Waals surface area contributed by atoms with Gasteiger partial charge in [0.2, 0.25) is 0 Å². The SMILES string of the molecule is CC(C)(C)CN1C(=O)NC(=O)C1(C)C. The first-order valence-electron chi connectivity index (χ1n) is 4.78. The van der Waals surface area contributed by atoms with Gasteiger partial charge >= 0.3 is 6.03 Å². The molecule has 14 heavy (non-hydrogen) atoms. The van der Waals surface area contributed by atoms with E-state index in [1.54, 1.807) is 18.7 Å². The summed E-state index contributed by atoms with van der Waals surface area (Å²) >= 11 is 0. The first-order chi connectivity index (χ1) is 6.14. The predicted molar refractivity (Wildman–Crippen MR) is 53.8 cm³/mol. The van der Waals surface area contributed by atoms with Crippen molar-refractivity contribution in [1.29, 1.82) is 0 Å². The Morgan fingerprint density at radius 2 is 1.79 bits per heavy atom. The van der Waals surface area contributed by atoms with E-state index in [2.05, 4.69) is 5.32 Å². The Balaban J connectivity index is 2.88. The number of carbonyl (C=O) groups excluding carboxylic acids is 2. The van der Waals surface area contributed by atoms with Crippen LogP contribution in [0.3, 0.4) is 0 Å². The smallest absolute Gasteiger partial charge is 0.310 e. The van der Waals surface area contributed by atoms with Crippen molar-refractivity contribution in [2.45, 2.75) is 40.2 Å². The molecule has 1 saturated heterocycles. The van der Waals surface area contributed by atoms with Gasteiger partial charge in [-0.15, -0.1) is 0 Å². The van der Waals surface area contributed by atoms with Crippen LogP contribution in [0.4, 0.5) is 4.79 Å². The van der Waals surface area contributed by atoms with Gasteiger partial charge in [0, 0.05) is 6.54 Å². The van der Waals surface area contributed by atoms with Gasteiger partial charge in [-0.3, -0.25) is 10.1 Å². The Morgan fingerprint density at radius 1 is 1.29 bits per heavy atom. The predicted octanol–water partition coefficient (Wildman–Crippen LogP) is 1.36. The molecule has 0 unspecified atom stereocenters. The average molecular weight is 198 g/mol. The van der Waals surface area contributed by atoms with Crippen LogP contribution in [-0.4, -0.2) is 28.9 Å². The first-order valence-corrected chi connectivity index (χ1v) is 4.78. The van der Waals surface area contributed by atoms with Crippen LogP contribution in [0.2, 0.25) is 0 Å². The van der Waals surface area contributed by atoms with Crippen LogP contribution in [0, 0.1) is 5.41 Å². The fraction of sp³-hybridized carbons (Fsp3) is 0.800. The number of carbonyl (C=O) groups is 2. The molecule has 1 rings (SSSR count). The van der Waals surface area contributed by atoms with Crippen molar-refractivity contribution in [3.63, 3.8) is 0 Å². The summed E-state index contributed by atoms with van der Waals surface area (Å²) in [4.78, 5) is 24.5. The molecule has 0 aliphatic carbocycles. The molecule has 3 amide bonds. The van der Waals surface area contributed by atoms with Crippen molar-refractivity contribution < 1.29 is 9.59 Å². The minimum atomic E-state index is -0.718. The highest BCUT2D eigenvalue weighted by Gasteiger charge is 2.46. The number of nitrogens with one attached hydrogen (secondary N) is 1. The van der Waals surface area contributed by atoms with E-state index in [1.807, 2.05) is 20.8 Å². The van der Waals surface area contributed by atoms with Crippen LogP contribution in [0.5, 0.6) is 0 Å². The number of hydrogen-bond acceptors (Lipinski definition) is 2. The summed E-state index contributed by atoms with van der Waals surface area (Å²) < 4.78 is 0. The van der Waals surface area contributed by atoms with E-state index in [1.165, 1.54) is 0 Å². The fourth-order valence-corrected chi connectivity index (χ4v) is 1.44. The zero-order chi connectivity index (χ0) is 11.1. The van der Waals surface area contributed by atoms with Crippen LogP contribution in [0.1, 0.15) is 34.6 Å². The van der Waals surface area contributed by atoms with Gasteiger partial charge in [-0.05, 0) is 19.3 Å². The van der Waals surface area contributed by atoms with E-state index < -0.39 is 5.54 Å². The molecule has 1 aliphatic rings. The van der Waals surface area contributed by atoms with E-state index >= 15 is 0 Å².